The van der Waals surface area contributed by atoms with Gasteiger partial charge in [-0.2, -0.15) is 4.31 Å². The lowest BCUT2D eigenvalue weighted by Crippen LogP contribution is -2.49. The number of aliphatic hydroxyl groups is 1. The molecule has 12 nitrogen and oxygen atoms in total. The number of hydrogen-bond acceptors (Lipinski definition) is 9. The molecule has 1 aromatic heterocycles. The average Bonchev–Trinajstić information content (AvgIpc) is 3.63. The molecule has 3 aliphatic heterocycles. The molecule has 3 atom stereocenters. The van der Waals surface area contributed by atoms with Gasteiger partial charge in [-0.25, -0.2) is 22.2 Å². The summed E-state index contributed by atoms with van der Waals surface area (Å²) in [7, 11) is -3.84. The van der Waals surface area contributed by atoms with Crippen LogP contribution in [0.4, 0.5) is 20.3 Å². The van der Waals surface area contributed by atoms with Crippen LogP contribution >= 0.6 is 11.6 Å². The summed E-state index contributed by atoms with van der Waals surface area (Å²) in [5.41, 5.74) is 6.20. The Morgan fingerprint density at radius 1 is 1.06 bits per heavy atom. The molecule has 16 heteroatoms. The monoisotopic (exact) mass is 695 g/mol. The molecule has 1 aliphatic carbocycles. The zero-order valence-corrected chi connectivity index (χ0v) is 27.4. The Morgan fingerprint density at radius 3 is 2.34 bits per heavy atom. The number of benzene rings is 1. The van der Waals surface area contributed by atoms with Gasteiger partial charge in [0.05, 0.1) is 17.0 Å². The Hall–Kier alpha value is -2.95. The molecule has 1 aromatic carbocycles. The highest BCUT2D eigenvalue weighted by Crippen LogP contribution is 2.46. The first kappa shape index (κ1) is 33.9. The third-order valence-corrected chi connectivity index (χ3v) is 11.9. The van der Waals surface area contributed by atoms with Gasteiger partial charge in [-0.05, 0) is 62.1 Å². The van der Waals surface area contributed by atoms with Gasteiger partial charge in [-0.15, -0.1) is 0 Å². The highest BCUT2D eigenvalue weighted by molar-refractivity contribution is 7.89. The fourth-order valence-electron chi connectivity index (χ4n) is 6.99. The lowest BCUT2D eigenvalue weighted by Gasteiger charge is -2.36. The maximum absolute atomic E-state index is 15.9. The van der Waals surface area contributed by atoms with E-state index < -0.39 is 28.0 Å². The van der Waals surface area contributed by atoms with Crippen LogP contribution in [0.25, 0.3) is 0 Å². The fourth-order valence-corrected chi connectivity index (χ4v) is 8.62. The lowest BCUT2D eigenvalue weighted by molar-refractivity contribution is -0.130. The molecule has 0 spiro atoms. The highest BCUT2D eigenvalue weighted by atomic mass is 35.5. The van der Waals surface area contributed by atoms with Gasteiger partial charge in [0.15, 0.2) is 0 Å². The van der Waals surface area contributed by atoms with Crippen molar-refractivity contribution in [2.75, 3.05) is 55.6 Å². The standard InChI is InChI=1S/C31H40ClF2N7O5S/c32-27-13-21(31(33,34)20-3-1-19(2-4-20)30(44)37-25-16-36-17-26(25)42)14-28(38-27)39-9-11-40(12-10-39)47(45,46)24-7-5-23(6-8-24)41-18-22(35)15-29(41)43/h5-8,13-14,19-20,22,25-26,36,42H,1-4,9-12,15-18,35H2,(H,37,44)/t19?,20?,22-,25?,26?/m1/s1. The molecule has 5 N–H and O–H groups in total. The minimum absolute atomic E-state index is 0.0819. The number of halogens is 3. The summed E-state index contributed by atoms with van der Waals surface area (Å²) in [4.78, 5) is 32.5. The summed E-state index contributed by atoms with van der Waals surface area (Å²) in [5, 5.41) is 15.7. The van der Waals surface area contributed by atoms with E-state index in [1.165, 1.54) is 28.6 Å². The number of nitrogens with one attached hydrogen (secondary N) is 2. The van der Waals surface area contributed by atoms with Crippen molar-refractivity contribution in [2.45, 2.75) is 61.1 Å². The Bertz CT molecular complexity index is 1580. The van der Waals surface area contributed by atoms with Crippen LogP contribution in [0, 0.1) is 11.8 Å². The minimum Gasteiger partial charge on any atom is -0.390 e. The summed E-state index contributed by atoms with van der Waals surface area (Å²) in [6, 6.07) is 8.00. The first-order valence-corrected chi connectivity index (χ1v) is 17.8. The first-order chi connectivity index (χ1) is 22.3. The molecule has 0 radical (unpaired) electrons. The topological polar surface area (TPSA) is 161 Å². The molecule has 4 fully saturated rings. The van der Waals surface area contributed by atoms with Crippen LogP contribution in [-0.4, -0.2) is 98.6 Å². The van der Waals surface area contributed by atoms with Crippen LogP contribution in [0.3, 0.4) is 0 Å². The Morgan fingerprint density at radius 2 is 1.74 bits per heavy atom. The predicted octanol–water partition coefficient (Wildman–Crippen LogP) is 1.66. The molecule has 256 valence electrons. The third-order valence-electron chi connectivity index (χ3n) is 9.79. The largest absolute Gasteiger partial charge is 0.390 e. The number of carbonyl (C=O) groups is 2. The molecular weight excluding hydrogens is 656 g/mol. The van der Waals surface area contributed by atoms with Crippen molar-refractivity contribution in [3.63, 3.8) is 0 Å². The van der Waals surface area contributed by atoms with Gasteiger partial charge in [0.2, 0.25) is 21.8 Å². The molecule has 2 amide bonds. The minimum atomic E-state index is -3.84. The molecule has 47 heavy (non-hydrogen) atoms. The first-order valence-electron chi connectivity index (χ1n) is 16.0. The zero-order chi connectivity index (χ0) is 33.5. The fraction of sp³-hybridized carbons (Fsp3) is 0.581. The van der Waals surface area contributed by atoms with Crippen molar-refractivity contribution in [3.05, 3.63) is 47.1 Å². The van der Waals surface area contributed by atoms with Gasteiger partial charge in [-0.1, -0.05) is 11.6 Å². The van der Waals surface area contributed by atoms with Crippen LogP contribution in [0.1, 0.15) is 37.7 Å². The number of β-amino-alcohol motifs (C(OH)–C–C–N with tert-alkyl or cyclic N) is 1. The van der Waals surface area contributed by atoms with Crippen LogP contribution < -0.4 is 26.2 Å². The molecule has 2 unspecified atom stereocenters. The molecule has 4 aliphatic rings. The normalized spacial score (nSPS) is 27.8. The van der Waals surface area contributed by atoms with Crippen LogP contribution in [0.2, 0.25) is 5.15 Å². The molecule has 3 saturated heterocycles. The number of nitrogens with zero attached hydrogens (tertiary/aromatic N) is 4. The van der Waals surface area contributed by atoms with Gasteiger partial charge in [0, 0.05) is 81.4 Å². The van der Waals surface area contributed by atoms with Crippen molar-refractivity contribution < 1.29 is 31.9 Å². The van der Waals surface area contributed by atoms with E-state index in [1.807, 2.05) is 0 Å². The van der Waals surface area contributed by atoms with E-state index in [1.54, 1.807) is 21.9 Å². The smallest absolute Gasteiger partial charge is 0.276 e. The number of alkyl halides is 2. The van der Waals surface area contributed by atoms with Gasteiger partial charge < -0.3 is 31.3 Å². The quantitative estimate of drug-likeness (QED) is 0.301. The van der Waals surface area contributed by atoms with E-state index in [0.29, 0.717) is 38.2 Å². The molecule has 4 heterocycles. The van der Waals surface area contributed by atoms with Crippen molar-refractivity contribution in [1.29, 1.82) is 0 Å². The number of carbonyl (C=O) groups excluding carboxylic acids is 2. The Kier molecular flexibility index (Phi) is 9.76. The van der Waals surface area contributed by atoms with Gasteiger partial charge in [0.25, 0.3) is 5.92 Å². The molecule has 1 saturated carbocycles. The van der Waals surface area contributed by atoms with Crippen LogP contribution in [0.5, 0.6) is 0 Å². The summed E-state index contributed by atoms with van der Waals surface area (Å²) in [6.07, 6.45) is 0.535. The number of anilines is 2. The Labute approximate surface area is 277 Å². The number of rotatable bonds is 8. The van der Waals surface area contributed by atoms with Crippen molar-refractivity contribution >= 4 is 44.9 Å². The van der Waals surface area contributed by atoms with E-state index in [9.17, 15) is 23.1 Å². The summed E-state index contributed by atoms with van der Waals surface area (Å²) in [5.74, 6) is -4.65. The summed E-state index contributed by atoms with van der Waals surface area (Å²) < 4.78 is 59.9. The van der Waals surface area contributed by atoms with Gasteiger partial charge >= 0.3 is 0 Å². The summed E-state index contributed by atoms with van der Waals surface area (Å²) in [6.45, 7) is 1.94. The van der Waals surface area contributed by atoms with E-state index >= 15 is 8.78 Å². The predicted molar refractivity (Wildman–Crippen MR) is 172 cm³/mol. The molecule has 2 aromatic rings. The molecular formula is C31H40ClF2N7O5S. The van der Waals surface area contributed by atoms with E-state index in [4.69, 9.17) is 17.3 Å². The van der Waals surface area contributed by atoms with E-state index in [-0.39, 0.29) is 96.7 Å². The van der Waals surface area contributed by atoms with Crippen LogP contribution in [0.15, 0.2) is 41.3 Å². The zero-order valence-electron chi connectivity index (χ0n) is 25.8. The number of aliphatic hydroxyl groups excluding tert-OH is 1. The Balaban J connectivity index is 1.06. The number of aromatic nitrogens is 1. The van der Waals surface area contributed by atoms with Crippen molar-refractivity contribution in [3.8, 4) is 0 Å². The number of nitrogens with two attached hydrogens (primary N) is 1. The SMILES string of the molecule is N[C@@H]1CC(=O)N(c2ccc(S(=O)(=O)N3CCN(c4cc(C(F)(F)C5CCC(C(=O)NC6CNCC6O)CC5)cc(Cl)n4)CC3)cc2)C1. The number of amides is 2. The second-order valence-electron chi connectivity index (χ2n) is 12.9. The molecule has 6 rings (SSSR count). The average molecular weight is 696 g/mol. The number of pyridine rings is 1. The number of piperazine rings is 1. The lowest BCUT2D eigenvalue weighted by atomic mass is 9.77. The number of hydrogen-bond donors (Lipinski definition) is 4. The van der Waals surface area contributed by atoms with E-state index in [2.05, 4.69) is 15.6 Å². The molecule has 0 bridgehead atoms. The maximum Gasteiger partial charge on any atom is 0.276 e. The van der Waals surface area contributed by atoms with Crippen molar-refractivity contribution in [2.24, 2.45) is 17.6 Å². The third kappa shape index (κ3) is 7.10. The van der Waals surface area contributed by atoms with E-state index in [0.717, 1.165) is 0 Å². The van der Waals surface area contributed by atoms with Gasteiger partial charge in [-0.3, -0.25) is 9.59 Å². The highest BCUT2D eigenvalue weighted by Gasteiger charge is 2.45. The van der Waals surface area contributed by atoms with Crippen LogP contribution in [-0.2, 0) is 25.5 Å². The number of sulfonamides is 1. The van der Waals surface area contributed by atoms with Gasteiger partial charge in [0.1, 0.15) is 11.0 Å². The van der Waals surface area contributed by atoms with Crippen molar-refractivity contribution in [1.82, 2.24) is 19.9 Å². The maximum atomic E-state index is 15.9. The summed E-state index contributed by atoms with van der Waals surface area (Å²) >= 11 is 6.24. The second kappa shape index (κ2) is 13.5. The second-order valence-corrected chi connectivity index (χ2v) is 15.2.